The number of pyridine rings is 1. The molecular weight excluding hydrogens is 397 g/mol. The van der Waals surface area contributed by atoms with Gasteiger partial charge in [0.1, 0.15) is 11.4 Å². The molecule has 0 aliphatic carbocycles. The van der Waals surface area contributed by atoms with E-state index in [0.717, 1.165) is 24.8 Å². The van der Waals surface area contributed by atoms with Crippen molar-refractivity contribution in [3.8, 4) is 0 Å². The van der Waals surface area contributed by atoms with Crippen LogP contribution in [0.3, 0.4) is 0 Å². The first-order valence-electron chi connectivity index (χ1n) is 10.7. The second kappa shape index (κ2) is 9.90. The van der Waals surface area contributed by atoms with Gasteiger partial charge in [-0.2, -0.15) is 0 Å². The molecule has 0 radical (unpaired) electrons. The molecule has 1 aromatic carbocycles. The van der Waals surface area contributed by atoms with E-state index in [1.807, 2.05) is 32.9 Å². The van der Waals surface area contributed by atoms with Crippen LogP contribution in [0.2, 0.25) is 0 Å². The maximum atomic E-state index is 13.2. The van der Waals surface area contributed by atoms with E-state index in [-0.39, 0.29) is 23.9 Å². The van der Waals surface area contributed by atoms with Crippen LogP contribution in [-0.4, -0.2) is 40.6 Å². The fourth-order valence-corrected chi connectivity index (χ4v) is 3.71. The molecule has 1 N–H and O–H groups in total. The van der Waals surface area contributed by atoms with Gasteiger partial charge in [0, 0.05) is 31.0 Å². The fourth-order valence-electron chi connectivity index (χ4n) is 3.71. The van der Waals surface area contributed by atoms with E-state index >= 15 is 0 Å². The first-order chi connectivity index (χ1) is 14.7. The zero-order chi connectivity index (χ0) is 22.4. The number of hydrogen-bond acceptors (Lipinski definition) is 4. The van der Waals surface area contributed by atoms with Crippen LogP contribution >= 0.6 is 0 Å². The third kappa shape index (κ3) is 6.77. The third-order valence-corrected chi connectivity index (χ3v) is 5.33. The minimum absolute atomic E-state index is 0.218. The zero-order valence-corrected chi connectivity index (χ0v) is 18.3. The number of carbonyl (C=O) groups excluding carboxylic acids is 2. The number of halogens is 1. The van der Waals surface area contributed by atoms with Gasteiger partial charge in [0.05, 0.1) is 6.04 Å². The van der Waals surface area contributed by atoms with Crippen LogP contribution in [0.25, 0.3) is 0 Å². The average Bonchev–Trinajstić information content (AvgIpc) is 2.73. The largest absolute Gasteiger partial charge is 0.444 e. The SMILES string of the molecule is CC(C)(C)OC(=O)N1CCC(CC(NC(=O)c2ccc(F)cc2)c2cccnc2)CC1. The predicted molar refractivity (Wildman–Crippen MR) is 116 cm³/mol. The molecule has 0 spiro atoms. The molecular formula is C24H30FN3O3. The van der Waals surface area contributed by atoms with Gasteiger partial charge in [0.25, 0.3) is 5.91 Å². The smallest absolute Gasteiger partial charge is 0.410 e. The minimum atomic E-state index is -0.510. The quantitative estimate of drug-likeness (QED) is 0.749. The summed E-state index contributed by atoms with van der Waals surface area (Å²) in [4.78, 5) is 31.0. The molecule has 1 aromatic heterocycles. The Hall–Kier alpha value is -2.96. The van der Waals surface area contributed by atoms with Crippen molar-refractivity contribution in [3.63, 3.8) is 0 Å². The molecule has 1 fully saturated rings. The summed E-state index contributed by atoms with van der Waals surface area (Å²) in [5.74, 6) is -0.283. The average molecular weight is 428 g/mol. The van der Waals surface area contributed by atoms with Gasteiger partial charge in [-0.05, 0) is 81.8 Å². The number of rotatable bonds is 5. The molecule has 3 rings (SSSR count). The van der Waals surface area contributed by atoms with Crippen LogP contribution in [0, 0.1) is 11.7 Å². The lowest BCUT2D eigenvalue weighted by Gasteiger charge is -2.34. The fraction of sp³-hybridized carbons (Fsp3) is 0.458. The number of nitrogens with zero attached hydrogens (tertiary/aromatic N) is 2. The van der Waals surface area contributed by atoms with Gasteiger partial charge in [-0.3, -0.25) is 9.78 Å². The van der Waals surface area contributed by atoms with Gasteiger partial charge >= 0.3 is 6.09 Å². The Kier molecular flexibility index (Phi) is 7.25. The van der Waals surface area contributed by atoms with Crippen molar-refractivity contribution >= 4 is 12.0 Å². The molecule has 7 heteroatoms. The first-order valence-corrected chi connectivity index (χ1v) is 10.7. The summed E-state index contributed by atoms with van der Waals surface area (Å²) in [6.45, 7) is 6.84. The summed E-state index contributed by atoms with van der Waals surface area (Å²) in [5, 5.41) is 3.07. The Morgan fingerprint density at radius 3 is 2.45 bits per heavy atom. The number of nitrogens with one attached hydrogen (secondary N) is 1. The summed E-state index contributed by atoms with van der Waals surface area (Å²) in [7, 11) is 0. The number of likely N-dealkylation sites (tertiary alicyclic amines) is 1. The van der Waals surface area contributed by atoms with Crippen LogP contribution in [0.1, 0.15) is 62.0 Å². The van der Waals surface area contributed by atoms with E-state index < -0.39 is 5.60 Å². The van der Waals surface area contributed by atoms with Crippen molar-refractivity contribution in [2.75, 3.05) is 13.1 Å². The van der Waals surface area contributed by atoms with Gasteiger partial charge in [-0.15, -0.1) is 0 Å². The van der Waals surface area contributed by atoms with Crippen molar-refractivity contribution in [3.05, 3.63) is 65.7 Å². The van der Waals surface area contributed by atoms with Gasteiger partial charge in [-0.25, -0.2) is 9.18 Å². The zero-order valence-electron chi connectivity index (χ0n) is 18.3. The molecule has 0 bridgehead atoms. The monoisotopic (exact) mass is 427 g/mol. The van der Waals surface area contributed by atoms with Crippen LogP contribution in [0.4, 0.5) is 9.18 Å². The van der Waals surface area contributed by atoms with Crippen molar-refractivity contribution in [1.29, 1.82) is 0 Å². The molecule has 1 atom stereocenters. The van der Waals surface area contributed by atoms with E-state index in [1.54, 1.807) is 17.3 Å². The van der Waals surface area contributed by atoms with Crippen molar-refractivity contribution in [2.24, 2.45) is 5.92 Å². The molecule has 31 heavy (non-hydrogen) atoms. The van der Waals surface area contributed by atoms with Crippen molar-refractivity contribution in [1.82, 2.24) is 15.2 Å². The van der Waals surface area contributed by atoms with E-state index in [2.05, 4.69) is 10.3 Å². The van der Waals surface area contributed by atoms with Gasteiger partial charge < -0.3 is 15.0 Å². The van der Waals surface area contributed by atoms with E-state index in [0.29, 0.717) is 24.6 Å². The van der Waals surface area contributed by atoms with Gasteiger partial charge in [0.15, 0.2) is 0 Å². The predicted octanol–water partition coefficient (Wildman–Crippen LogP) is 4.73. The molecule has 2 amide bonds. The lowest BCUT2D eigenvalue weighted by molar-refractivity contribution is 0.0178. The normalized spacial score (nSPS) is 15.9. The Morgan fingerprint density at radius 1 is 1.19 bits per heavy atom. The molecule has 1 aliphatic rings. The van der Waals surface area contributed by atoms with Crippen molar-refractivity contribution in [2.45, 2.75) is 51.7 Å². The number of amides is 2. The number of carbonyl (C=O) groups is 2. The summed E-state index contributed by atoms with van der Waals surface area (Å²) in [6.07, 6.45) is 5.58. The molecule has 2 heterocycles. The highest BCUT2D eigenvalue weighted by molar-refractivity contribution is 5.94. The number of hydrogen-bond donors (Lipinski definition) is 1. The summed E-state index contributed by atoms with van der Waals surface area (Å²) >= 11 is 0. The van der Waals surface area contributed by atoms with Gasteiger partial charge in [0.2, 0.25) is 0 Å². The molecule has 0 saturated carbocycles. The Morgan fingerprint density at radius 2 is 1.87 bits per heavy atom. The lowest BCUT2D eigenvalue weighted by Crippen LogP contribution is -2.42. The molecule has 1 unspecified atom stereocenters. The Labute approximate surface area is 182 Å². The second-order valence-electron chi connectivity index (χ2n) is 8.97. The van der Waals surface area contributed by atoms with Crippen LogP contribution in [0.5, 0.6) is 0 Å². The van der Waals surface area contributed by atoms with E-state index in [1.165, 1.54) is 24.3 Å². The minimum Gasteiger partial charge on any atom is -0.444 e. The number of aromatic nitrogens is 1. The second-order valence-corrected chi connectivity index (χ2v) is 8.97. The summed E-state index contributed by atoms with van der Waals surface area (Å²) < 4.78 is 18.7. The maximum Gasteiger partial charge on any atom is 0.410 e. The highest BCUT2D eigenvalue weighted by Gasteiger charge is 2.29. The number of ether oxygens (including phenoxy) is 1. The number of piperidine rings is 1. The highest BCUT2D eigenvalue weighted by Crippen LogP contribution is 2.29. The summed E-state index contributed by atoms with van der Waals surface area (Å²) in [5.41, 5.74) is 0.826. The molecule has 2 aromatic rings. The molecule has 1 aliphatic heterocycles. The third-order valence-electron chi connectivity index (χ3n) is 5.33. The lowest BCUT2D eigenvalue weighted by atomic mass is 9.88. The van der Waals surface area contributed by atoms with Crippen LogP contribution in [-0.2, 0) is 4.74 Å². The Balaban J connectivity index is 1.63. The van der Waals surface area contributed by atoms with E-state index in [4.69, 9.17) is 4.74 Å². The Bertz CT molecular complexity index is 873. The van der Waals surface area contributed by atoms with Crippen molar-refractivity contribution < 1.29 is 18.7 Å². The standard InChI is InChI=1S/C24H30FN3O3/c1-24(2,3)31-23(30)28-13-10-17(11-14-28)15-21(19-5-4-12-26-16-19)27-22(29)18-6-8-20(25)9-7-18/h4-9,12,16-17,21H,10-11,13-15H2,1-3H3,(H,27,29). The number of benzene rings is 1. The maximum absolute atomic E-state index is 13.2. The first kappa shape index (κ1) is 22.7. The van der Waals surface area contributed by atoms with E-state index in [9.17, 15) is 14.0 Å². The molecule has 6 nitrogen and oxygen atoms in total. The topological polar surface area (TPSA) is 71.5 Å². The van der Waals surface area contributed by atoms with Crippen LogP contribution in [0.15, 0.2) is 48.8 Å². The summed E-state index contributed by atoms with van der Waals surface area (Å²) in [6, 6.07) is 9.08. The molecule has 166 valence electrons. The molecule has 1 saturated heterocycles. The van der Waals surface area contributed by atoms with Crippen LogP contribution < -0.4 is 5.32 Å². The highest BCUT2D eigenvalue weighted by atomic mass is 19.1. The van der Waals surface area contributed by atoms with Gasteiger partial charge in [-0.1, -0.05) is 6.07 Å².